The standard InChI is InChI=1S/C30H36N4O5S/c1-17-18(2)27(37)25(19(3)26(17)36)30(6,7)13-24(35)33(8)15-29(4,5)16-34(9)28(38)39-20-10-11-21-22(12-20)40-23(14-31)32-21/h10-12,36-37H,2-3,13,15-16H2,1,4-9H3. The van der Waals surface area contributed by atoms with Crippen molar-refractivity contribution in [3.63, 3.8) is 0 Å². The minimum atomic E-state index is -0.831. The van der Waals surface area contributed by atoms with Crippen LogP contribution in [0, 0.1) is 23.7 Å². The van der Waals surface area contributed by atoms with Crippen LogP contribution in [0.4, 0.5) is 4.79 Å². The fourth-order valence-corrected chi connectivity index (χ4v) is 5.76. The number of amides is 2. The molecule has 0 spiro atoms. The maximum Gasteiger partial charge on any atom is 0.414 e. The summed E-state index contributed by atoms with van der Waals surface area (Å²) in [5, 5.41) is 31.2. The number of fused-ring (bicyclic) bond motifs is 1. The second-order valence-corrected chi connectivity index (χ2v) is 12.6. The topological polar surface area (TPSA) is 127 Å². The van der Waals surface area contributed by atoms with Crippen LogP contribution < -0.4 is 15.2 Å². The van der Waals surface area contributed by atoms with Gasteiger partial charge in [-0.05, 0) is 19.1 Å². The Kier molecular flexibility index (Phi) is 8.51. The van der Waals surface area contributed by atoms with Gasteiger partial charge in [-0.1, -0.05) is 40.9 Å². The molecule has 0 saturated heterocycles. The normalized spacial score (nSPS) is 11.8. The number of benzene rings is 2. The van der Waals surface area contributed by atoms with Crippen LogP contribution in [0.2, 0.25) is 0 Å². The average molecular weight is 565 g/mol. The van der Waals surface area contributed by atoms with Crippen LogP contribution in [0.3, 0.4) is 0 Å². The molecule has 0 atom stereocenters. The number of aromatic hydroxyl groups is 2. The first-order valence-corrected chi connectivity index (χ1v) is 13.5. The fraction of sp³-hybridized carbons (Fsp3) is 0.400. The minimum Gasteiger partial charge on any atom is -0.507 e. The summed E-state index contributed by atoms with van der Waals surface area (Å²) < 4.78 is 6.29. The van der Waals surface area contributed by atoms with Gasteiger partial charge in [-0.25, -0.2) is 9.78 Å². The number of phenols is 2. The summed E-state index contributed by atoms with van der Waals surface area (Å²) in [6, 6.07) is 7.03. The van der Waals surface area contributed by atoms with Gasteiger partial charge in [0.05, 0.1) is 10.2 Å². The Morgan fingerprint density at radius 1 is 1.07 bits per heavy atom. The van der Waals surface area contributed by atoms with Crippen molar-refractivity contribution in [2.24, 2.45) is 5.41 Å². The number of carbonyl (C=O) groups excluding carboxylic acids is 2. The number of nitriles is 1. The van der Waals surface area contributed by atoms with E-state index in [2.05, 4.69) is 18.1 Å². The van der Waals surface area contributed by atoms with Gasteiger partial charge in [-0.15, -0.1) is 11.3 Å². The molecule has 0 aliphatic rings. The van der Waals surface area contributed by atoms with Crippen LogP contribution in [-0.2, 0) is 10.2 Å². The third kappa shape index (κ3) is 6.37. The Morgan fingerprint density at radius 3 is 2.33 bits per heavy atom. The third-order valence-corrected chi connectivity index (χ3v) is 7.84. The highest BCUT2D eigenvalue weighted by Gasteiger charge is 2.33. The Morgan fingerprint density at radius 2 is 1.70 bits per heavy atom. The van der Waals surface area contributed by atoms with Crippen molar-refractivity contribution in [3.8, 4) is 23.3 Å². The van der Waals surface area contributed by atoms with Crippen LogP contribution in [-0.4, -0.2) is 64.2 Å². The number of phenolic OH excluding ortho intramolecular Hbond substituents is 2. The third-order valence-electron chi connectivity index (χ3n) is 6.92. The fourth-order valence-electron chi connectivity index (χ4n) is 4.97. The first kappa shape index (κ1) is 30.4. The number of ether oxygens (including phenoxy) is 1. The highest BCUT2D eigenvalue weighted by atomic mass is 32.1. The molecule has 9 nitrogen and oxygen atoms in total. The molecule has 2 amide bonds. The number of thiazole rings is 1. The van der Waals surface area contributed by atoms with Gasteiger partial charge >= 0.3 is 6.09 Å². The summed E-state index contributed by atoms with van der Waals surface area (Å²) in [4.78, 5) is 33.3. The summed E-state index contributed by atoms with van der Waals surface area (Å²) in [7, 11) is 3.33. The van der Waals surface area contributed by atoms with Crippen LogP contribution in [0.15, 0.2) is 18.2 Å². The molecular weight excluding hydrogens is 528 g/mol. The van der Waals surface area contributed by atoms with E-state index < -0.39 is 16.9 Å². The number of rotatable bonds is 8. The smallest absolute Gasteiger partial charge is 0.414 e. The largest absolute Gasteiger partial charge is 0.507 e. The predicted octanol–water partition coefficient (Wildman–Crippen LogP) is 3.99. The maximum atomic E-state index is 13.3. The highest BCUT2D eigenvalue weighted by Crippen LogP contribution is 2.32. The van der Waals surface area contributed by atoms with Gasteiger partial charge in [0.1, 0.15) is 23.3 Å². The molecule has 0 fully saturated rings. The van der Waals surface area contributed by atoms with Crippen LogP contribution in [0.1, 0.15) is 50.3 Å². The maximum absolute atomic E-state index is 13.3. The van der Waals surface area contributed by atoms with E-state index in [9.17, 15) is 19.8 Å². The zero-order chi connectivity index (χ0) is 30.2. The molecule has 40 heavy (non-hydrogen) atoms. The molecule has 3 rings (SSSR count). The number of nitrogens with zero attached hydrogens (tertiary/aromatic N) is 4. The van der Waals surface area contributed by atoms with Crippen molar-refractivity contribution in [3.05, 3.63) is 44.8 Å². The minimum absolute atomic E-state index is 0.0402. The highest BCUT2D eigenvalue weighted by molar-refractivity contribution is 7.19. The van der Waals surface area contributed by atoms with Crippen molar-refractivity contribution in [1.82, 2.24) is 14.8 Å². The zero-order valence-electron chi connectivity index (χ0n) is 24.1. The van der Waals surface area contributed by atoms with Crippen molar-refractivity contribution in [2.75, 3.05) is 27.2 Å². The molecule has 0 saturated carbocycles. The molecule has 0 bridgehead atoms. The monoisotopic (exact) mass is 564 g/mol. The molecular formula is C30H36N4O5S. The average Bonchev–Trinajstić information content (AvgIpc) is 3.27. The van der Waals surface area contributed by atoms with Gasteiger partial charge in [0.2, 0.25) is 5.91 Å². The molecule has 0 radical (unpaired) electrons. The quantitative estimate of drug-likeness (QED) is 0.396. The summed E-state index contributed by atoms with van der Waals surface area (Å²) in [5.74, 6) is 0.0793. The van der Waals surface area contributed by atoms with Crippen molar-refractivity contribution in [2.45, 2.75) is 46.5 Å². The van der Waals surface area contributed by atoms with Crippen molar-refractivity contribution >= 4 is 46.7 Å². The van der Waals surface area contributed by atoms with E-state index in [1.807, 2.05) is 33.8 Å². The molecule has 1 heterocycles. The molecule has 0 aliphatic carbocycles. The van der Waals surface area contributed by atoms with Crippen LogP contribution in [0.25, 0.3) is 23.4 Å². The van der Waals surface area contributed by atoms with E-state index in [1.165, 1.54) is 16.2 Å². The van der Waals surface area contributed by atoms with Crippen molar-refractivity contribution in [1.29, 1.82) is 5.26 Å². The zero-order valence-corrected chi connectivity index (χ0v) is 24.9. The molecule has 212 valence electrons. The summed E-state index contributed by atoms with van der Waals surface area (Å²) in [6.45, 7) is 17.6. The van der Waals surface area contributed by atoms with E-state index in [-0.39, 0.29) is 29.0 Å². The molecule has 0 unspecified atom stereocenters. The Bertz CT molecular complexity index is 1620. The van der Waals surface area contributed by atoms with Gasteiger partial charge in [0, 0.05) is 72.1 Å². The lowest BCUT2D eigenvalue weighted by molar-refractivity contribution is -0.132. The van der Waals surface area contributed by atoms with Gasteiger partial charge in [0.15, 0.2) is 5.01 Å². The van der Waals surface area contributed by atoms with Gasteiger partial charge in [-0.2, -0.15) is 5.26 Å². The Labute approximate surface area is 238 Å². The second-order valence-electron chi connectivity index (χ2n) is 11.6. The van der Waals surface area contributed by atoms with E-state index >= 15 is 0 Å². The van der Waals surface area contributed by atoms with E-state index in [4.69, 9.17) is 10.00 Å². The lowest BCUT2D eigenvalue weighted by atomic mass is 9.78. The van der Waals surface area contributed by atoms with Gasteiger partial charge < -0.3 is 24.7 Å². The first-order valence-electron chi connectivity index (χ1n) is 12.7. The molecule has 3 aromatic rings. The van der Waals surface area contributed by atoms with Crippen LogP contribution >= 0.6 is 11.3 Å². The van der Waals surface area contributed by atoms with E-state index in [1.54, 1.807) is 44.1 Å². The number of hydrogen-bond acceptors (Lipinski definition) is 8. The van der Waals surface area contributed by atoms with Gasteiger partial charge in [0.25, 0.3) is 0 Å². The first-order chi connectivity index (χ1) is 18.5. The predicted molar refractivity (Wildman–Crippen MR) is 157 cm³/mol. The molecule has 2 aromatic carbocycles. The number of hydrogen-bond donors (Lipinski definition) is 2. The van der Waals surface area contributed by atoms with Gasteiger partial charge in [-0.3, -0.25) is 4.79 Å². The number of aromatic nitrogens is 1. The van der Waals surface area contributed by atoms with E-state index in [0.717, 1.165) is 4.70 Å². The van der Waals surface area contributed by atoms with Crippen molar-refractivity contribution < 1.29 is 24.5 Å². The molecule has 1 aromatic heterocycles. The SMILES string of the molecule is C=c1c(C)c(O)c(=C)c(C(C)(C)CC(=O)N(C)CC(C)(C)CN(C)C(=O)Oc2ccc3nc(C#N)sc3c2)c1O. The summed E-state index contributed by atoms with van der Waals surface area (Å²) in [5.41, 5.74) is 0.201. The second kappa shape index (κ2) is 11.2. The summed E-state index contributed by atoms with van der Waals surface area (Å²) >= 11 is 1.22. The molecule has 10 heteroatoms. The Balaban J connectivity index is 1.65. The van der Waals surface area contributed by atoms with E-state index in [0.29, 0.717) is 45.7 Å². The number of carbonyl (C=O) groups is 2. The summed E-state index contributed by atoms with van der Waals surface area (Å²) in [6.07, 6.45) is -0.488. The lowest BCUT2D eigenvalue weighted by Crippen LogP contribution is -2.45. The Hall–Kier alpha value is -4.10. The molecule has 2 N–H and O–H groups in total. The lowest BCUT2D eigenvalue weighted by Gasteiger charge is -2.35. The molecule has 0 aliphatic heterocycles. The van der Waals surface area contributed by atoms with Crippen LogP contribution in [0.5, 0.6) is 17.2 Å².